The summed E-state index contributed by atoms with van der Waals surface area (Å²) in [4.78, 5) is 14.6. The smallest absolute Gasteiger partial charge is 0.312 e. The first-order valence-electron chi connectivity index (χ1n) is 24.1. The van der Waals surface area contributed by atoms with Crippen LogP contribution in [0.1, 0.15) is 90.9 Å². The van der Waals surface area contributed by atoms with Crippen LogP contribution < -0.4 is 0 Å². The summed E-state index contributed by atoms with van der Waals surface area (Å²) in [7, 11) is 0. The molecule has 400 valence electrons. The van der Waals surface area contributed by atoms with Gasteiger partial charge in [-0.1, -0.05) is 25.5 Å². The minimum atomic E-state index is -1.93. The molecule has 3 heterocycles. The summed E-state index contributed by atoms with van der Waals surface area (Å²) in [6, 6.07) is 0. The Morgan fingerprint density at radius 3 is 1.91 bits per heavy atom. The van der Waals surface area contributed by atoms with Gasteiger partial charge in [0.25, 0.3) is 0 Å². The van der Waals surface area contributed by atoms with Crippen LogP contribution in [0.15, 0.2) is 12.2 Å². The summed E-state index contributed by atoms with van der Waals surface area (Å²) >= 11 is 0. The Morgan fingerprint density at radius 1 is 0.657 bits per heavy atom. The van der Waals surface area contributed by atoms with Crippen LogP contribution >= 0.6 is 0 Å². The topological polar surface area (TPSA) is 356 Å². The molecule has 6 aliphatic carbocycles. The molecule has 67 heavy (non-hydrogen) atoms. The molecule has 9 rings (SSSR count). The van der Waals surface area contributed by atoms with Crippen LogP contribution in [-0.2, 0) is 33.2 Å². The van der Waals surface area contributed by atoms with Gasteiger partial charge in [-0.3, -0.25) is 4.79 Å². The summed E-state index contributed by atoms with van der Waals surface area (Å²) in [6.45, 7) is 6.68. The summed E-state index contributed by atoms with van der Waals surface area (Å²) in [6.07, 6.45) is -28.4. The highest BCUT2D eigenvalue weighted by atomic mass is 16.8. The zero-order valence-corrected chi connectivity index (χ0v) is 37.9. The molecule has 4 bridgehead atoms. The second-order valence-electron chi connectivity index (χ2n) is 22.2. The number of aliphatic hydroxyl groups excluding tert-OH is 14. The SMILES string of the molecule is C=C1CC23CC[C@@H]4[C@](C)(C(=O)OC5C[C@H](CO)[C@@H](O)[C@H](O)[C@H]5O)CCC[C@@]4(C)C2CC2O[C@@H]4O[C@H](CO)[C@@H](O)C(O[C@@H]5C[C@H](CO)[C@@H](O)[C@H](O)[C@H]5O)[C@H]4O[C@@H]4O[C@H](C(O)C12C3)[C@@H](O)[C@H](O)[C@H]4O.[HH].[HH].[HH].[HH].[HH].[HH].[HH].[HH].[HH]. The van der Waals surface area contributed by atoms with E-state index in [1.165, 1.54) is 0 Å². The summed E-state index contributed by atoms with van der Waals surface area (Å²) < 4.78 is 38.3. The standard InChI is InChI=1S/C46H72O21.9H2/c1-17-12-45-8-5-23-43(2,6-4-7-44(23,3)42(61)64-21-10-19(14-48)27(51)32(56)29(21)53)24(45)11-25-46(17,16-45)39(60)37-34(58)33(57)35(59)40(66-37)67-38-36(30(54)22(15-49)63-41(38)65-25)62-20-9-18(13-47)26(50)31(55)28(20)52;;;;;;;;;/h18-41,47-60H,1,4-16H2,2-3H3;9*1H/t18-,19-,20-,21?,22-,23+,24?,25?,26-,27-,28+,29+,30-,31+,32+,33+,34+,35-,36?,37+,38-,39?,40+,41+,43-,44-,45?,46?;;;;;;;;;/m1........./s1. The lowest BCUT2D eigenvalue weighted by Gasteiger charge is -2.66. The van der Waals surface area contributed by atoms with Gasteiger partial charge < -0.3 is 99.9 Å². The number of rotatable bonds is 7. The number of carbonyl (C=O) groups is 1. The van der Waals surface area contributed by atoms with Crippen molar-refractivity contribution in [2.24, 2.45) is 45.3 Å². The fraction of sp³-hybridized carbons (Fsp3) is 0.935. The molecule has 21 nitrogen and oxygen atoms in total. The lowest BCUT2D eigenvalue weighted by molar-refractivity contribution is -0.402. The van der Waals surface area contributed by atoms with Gasteiger partial charge in [0.15, 0.2) is 12.6 Å². The lowest BCUT2D eigenvalue weighted by atomic mass is 9.40. The van der Waals surface area contributed by atoms with E-state index in [1.807, 2.05) is 6.92 Å². The summed E-state index contributed by atoms with van der Waals surface area (Å²) in [5.41, 5.74) is -3.05. The van der Waals surface area contributed by atoms with E-state index in [9.17, 15) is 76.3 Å². The zero-order valence-electron chi connectivity index (χ0n) is 37.9. The molecule has 0 amide bonds. The van der Waals surface area contributed by atoms with Gasteiger partial charge in [-0.15, -0.1) is 0 Å². The van der Waals surface area contributed by atoms with Crippen LogP contribution in [0.5, 0.6) is 0 Å². The molecule has 7 unspecified atom stereocenters. The minimum absolute atomic E-state index is 0. The molecule has 0 aromatic rings. The van der Waals surface area contributed by atoms with Crippen molar-refractivity contribution >= 4 is 5.97 Å². The van der Waals surface area contributed by atoms with Crippen LogP contribution in [0.4, 0.5) is 0 Å². The highest BCUT2D eigenvalue weighted by Crippen LogP contribution is 2.76. The molecule has 9 aliphatic rings. The van der Waals surface area contributed by atoms with Crippen molar-refractivity contribution in [2.75, 3.05) is 19.8 Å². The molecular weight excluding hydrogens is 888 g/mol. The van der Waals surface area contributed by atoms with E-state index in [0.29, 0.717) is 44.1 Å². The number of ether oxygens (including phenoxy) is 6. The quantitative estimate of drug-likeness (QED) is 0.0748. The van der Waals surface area contributed by atoms with E-state index in [1.54, 1.807) is 0 Å². The minimum Gasteiger partial charge on any atom is -0.459 e. The molecule has 3 saturated heterocycles. The third-order valence-electron chi connectivity index (χ3n) is 18.9. The number of esters is 1. The van der Waals surface area contributed by atoms with Crippen LogP contribution in [0.3, 0.4) is 0 Å². The van der Waals surface area contributed by atoms with Gasteiger partial charge in [-0.2, -0.15) is 0 Å². The highest BCUT2D eigenvalue weighted by Gasteiger charge is 2.74. The van der Waals surface area contributed by atoms with Crippen molar-refractivity contribution in [3.8, 4) is 0 Å². The normalized spacial score (nSPS) is 57.6. The predicted octanol–water partition coefficient (Wildman–Crippen LogP) is -1.96. The maximum atomic E-state index is 14.6. The van der Waals surface area contributed by atoms with Gasteiger partial charge in [0.2, 0.25) is 0 Å². The number of fused-ring (bicyclic) bond motifs is 5. The average Bonchev–Trinajstić information content (AvgIpc) is 3.55. The number of hydrogen-bond donors (Lipinski definition) is 14. The maximum Gasteiger partial charge on any atom is 0.312 e. The van der Waals surface area contributed by atoms with Crippen molar-refractivity contribution in [3.63, 3.8) is 0 Å². The van der Waals surface area contributed by atoms with E-state index >= 15 is 0 Å². The third kappa shape index (κ3) is 7.63. The first kappa shape index (κ1) is 50.4. The zero-order chi connectivity index (χ0) is 48.4. The predicted molar refractivity (Wildman–Crippen MR) is 242 cm³/mol. The Hall–Kier alpha value is -1.55. The lowest BCUT2D eigenvalue weighted by Crippen LogP contribution is -2.71. The van der Waals surface area contributed by atoms with Gasteiger partial charge in [0, 0.05) is 43.3 Å². The Bertz CT molecular complexity index is 1860. The molecular formula is C46H90O21. The number of aliphatic hydroxyl groups is 14. The van der Waals surface area contributed by atoms with Crippen LogP contribution in [0.25, 0.3) is 0 Å². The van der Waals surface area contributed by atoms with Crippen molar-refractivity contribution in [1.29, 1.82) is 0 Å². The van der Waals surface area contributed by atoms with Gasteiger partial charge in [-0.05, 0) is 87.4 Å². The average molecular weight is 979 g/mol. The van der Waals surface area contributed by atoms with Crippen LogP contribution in [0.2, 0.25) is 0 Å². The van der Waals surface area contributed by atoms with E-state index in [-0.39, 0.29) is 50.4 Å². The molecule has 0 aromatic heterocycles. The van der Waals surface area contributed by atoms with Gasteiger partial charge in [-0.25, -0.2) is 0 Å². The Kier molecular flexibility index (Phi) is 13.7. The van der Waals surface area contributed by atoms with Crippen molar-refractivity contribution < 1.29 is 118 Å². The third-order valence-corrected chi connectivity index (χ3v) is 18.9. The molecule has 28 atom stereocenters. The van der Waals surface area contributed by atoms with Gasteiger partial charge >= 0.3 is 5.97 Å². The largest absolute Gasteiger partial charge is 0.459 e. The highest BCUT2D eigenvalue weighted by molar-refractivity contribution is 5.77. The summed E-state index contributed by atoms with van der Waals surface area (Å²) in [5, 5.41) is 154. The molecule has 0 aromatic carbocycles. The second-order valence-corrected chi connectivity index (χ2v) is 22.2. The van der Waals surface area contributed by atoms with Crippen LogP contribution in [-0.4, -0.2) is 220 Å². The fourth-order valence-electron chi connectivity index (χ4n) is 15.2. The van der Waals surface area contributed by atoms with Crippen LogP contribution in [0, 0.1) is 45.3 Å². The van der Waals surface area contributed by atoms with E-state index in [2.05, 4.69) is 13.5 Å². The Balaban J connectivity index is 0.00000625. The molecule has 6 saturated carbocycles. The van der Waals surface area contributed by atoms with E-state index in [0.717, 1.165) is 0 Å². The number of carbonyl (C=O) groups excluding carboxylic acids is 1. The molecule has 9 fully saturated rings. The fourth-order valence-corrected chi connectivity index (χ4v) is 15.2. The second kappa shape index (κ2) is 18.2. The van der Waals surface area contributed by atoms with Gasteiger partial charge in [0.05, 0.1) is 42.5 Å². The number of hydrogen-bond acceptors (Lipinski definition) is 21. The Labute approximate surface area is 401 Å². The van der Waals surface area contributed by atoms with Crippen molar-refractivity contribution in [1.82, 2.24) is 0 Å². The maximum absolute atomic E-state index is 14.6. The first-order valence-corrected chi connectivity index (χ1v) is 24.1. The molecule has 2 spiro atoms. The molecule has 0 radical (unpaired) electrons. The summed E-state index contributed by atoms with van der Waals surface area (Å²) in [5.74, 6) is -2.87. The first-order chi connectivity index (χ1) is 31.6. The van der Waals surface area contributed by atoms with Crippen molar-refractivity contribution in [2.45, 2.75) is 201 Å². The van der Waals surface area contributed by atoms with E-state index < -0.39 is 182 Å². The monoisotopic (exact) mass is 979 g/mol. The molecule has 14 N–H and O–H groups in total. The molecule has 21 heteroatoms. The van der Waals surface area contributed by atoms with Crippen molar-refractivity contribution in [3.05, 3.63) is 12.2 Å². The Morgan fingerprint density at radius 2 is 1.27 bits per heavy atom. The molecule has 3 aliphatic heterocycles. The van der Waals surface area contributed by atoms with E-state index in [4.69, 9.17) is 28.4 Å². The van der Waals surface area contributed by atoms with Gasteiger partial charge in [0.1, 0.15) is 79.4 Å².